The van der Waals surface area contributed by atoms with Crippen molar-refractivity contribution in [2.75, 3.05) is 32.5 Å². The molecule has 0 saturated carbocycles. The summed E-state index contributed by atoms with van der Waals surface area (Å²) in [5.41, 5.74) is 5.54. The summed E-state index contributed by atoms with van der Waals surface area (Å²) in [4.78, 5) is 39.5. The van der Waals surface area contributed by atoms with Crippen LogP contribution in [0.1, 0.15) is 49.9 Å². The second-order valence-electron chi connectivity index (χ2n) is 11.1. The monoisotopic (exact) mass is 619 g/mol. The van der Waals surface area contributed by atoms with Gasteiger partial charge in [-0.15, -0.1) is 0 Å². The zero-order valence-corrected chi connectivity index (χ0v) is 24.3. The number of rotatable bonds is 9. The smallest absolute Gasteiger partial charge is 0.290 e. The van der Waals surface area contributed by atoms with Crippen LogP contribution in [0, 0.1) is 40.4 Å². The zero-order valence-electron chi connectivity index (χ0n) is 24.3. The Labute approximate surface area is 249 Å². The van der Waals surface area contributed by atoms with Gasteiger partial charge in [0.1, 0.15) is 23.7 Å². The van der Waals surface area contributed by atoms with Crippen LogP contribution < -0.4 is 10.5 Å². The van der Waals surface area contributed by atoms with E-state index in [0.717, 1.165) is 12.1 Å². The number of ketones is 1. The van der Waals surface area contributed by atoms with Gasteiger partial charge in [-0.3, -0.25) is 14.6 Å². The summed E-state index contributed by atoms with van der Waals surface area (Å²) in [5, 5.41) is 9.49. The number of nitrogen functional groups attached to an aromatic ring is 1. The quantitative estimate of drug-likeness (QED) is 0.156. The SMILES string of the molecule is C/N=C(/c1ccc(Oc2c(F)c(F)cc(F)c2F)cc1F)c1c(N)ncnc1C(C)C1CCN(C(=O)C(=O)C(C)(C)CO)C1. The number of carbonyl (C=O) groups excluding carboxylic acids is 2. The number of hydrogen-bond acceptors (Lipinski definition) is 8. The summed E-state index contributed by atoms with van der Waals surface area (Å²) in [6.07, 6.45) is 1.76. The molecule has 2 unspecified atom stereocenters. The van der Waals surface area contributed by atoms with E-state index in [1.807, 2.05) is 6.92 Å². The number of aliphatic imine (C=N–C) groups is 1. The number of aliphatic hydroxyl groups excluding tert-OH is 1. The maximum Gasteiger partial charge on any atom is 0.290 e. The molecule has 0 radical (unpaired) electrons. The van der Waals surface area contributed by atoms with Crippen LogP contribution in [0.3, 0.4) is 0 Å². The van der Waals surface area contributed by atoms with Gasteiger partial charge in [0.2, 0.25) is 23.2 Å². The number of nitrogens with two attached hydrogens (primary N) is 1. The van der Waals surface area contributed by atoms with E-state index in [0.29, 0.717) is 18.7 Å². The lowest BCUT2D eigenvalue weighted by molar-refractivity contribution is -0.149. The lowest BCUT2D eigenvalue weighted by Crippen LogP contribution is -2.43. The Hall–Kier alpha value is -4.46. The molecule has 1 fully saturated rings. The number of aliphatic hydroxyl groups is 1. The first kappa shape index (κ1) is 32.5. The van der Waals surface area contributed by atoms with E-state index in [9.17, 15) is 32.3 Å². The van der Waals surface area contributed by atoms with Gasteiger partial charge in [0.15, 0.2) is 11.6 Å². The number of ether oxygens (including phenoxy) is 1. The van der Waals surface area contributed by atoms with Crippen LogP contribution >= 0.6 is 0 Å². The minimum absolute atomic E-state index is 0.0210. The second-order valence-corrected chi connectivity index (χ2v) is 11.1. The fraction of sp³-hybridized carbons (Fsp3) is 0.367. The minimum atomic E-state index is -1.79. The van der Waals surface area contributed by atoms with E-state index in [2.05, 4.69) is 15.0 Å². The fourth-order valence-electron chi connectivity index (χ4n) is 4.99. The molecule has 1 saturated heterocycles. The van der Waals surface area contributed by atoms with Crippen LogP contribution in [0.15, 0.2) is 35.6 Å². The van der Waals surface area contributed by atoms with Crippen LogP contribution in [0.2, 0.25) is 0 Å². The Bertz CT molecular complexity index is 1620. The first-order valence-electron chi connectivity index (χ1n) is 13.5. The van der Waals surface area contributed by atoms with Crippen LogP contribution in [-0.4, -0.2) is 64.1 Å². The Balaban J connectivity index is 1.63. The van der Waals surface area contributed by atoms with Crippen molar-refractivity contribution in [3.8, 4) is 11.5 Å². The van der Waals surface area contributed by atoms with E-state index < -0.39 is 64.3 Å². The molecule has 0 bridgehead atoms. The van der Waals surface area contributed by atoms with Crippen molar-refractivity contribution < 1.29 is 41.4 Å². The van der Waals surface area contributed by atoms with Gasteiger partial charge >= 0.3 is 0 Å². The average molecular weight is 620 g/mol. The first-order chi connectivity index (χ1) is 20.7. The Morgan fingerprint density at radius 2 is 1.77 bits per heavy atom. The molecule has 234 valence electrons. The highest BCUT2D eigenvalue weighted by atomic mass is 19.2. The number of amides is 1. The number of likely N-dealkylation sites (tertiary alicyclic amines) is 1. The molecule has 4 rings (SSSR count). The number of benzene rings is 2. The third-order valence-corrected chi connectivity index (χ3v) is 7.71. The van der Waals surface area contributed by atoms with E-state index in [1.54, 1.807) is 0 Å². The highest BCUT2D eigenvalue weighted by molar-refractivity contribution is 6.38. The van der Waals surface area contributed by atoms with Gasteiger partial charge in [-0.05, 0) is 24.5 Å². The molecule has 9 nitrogen and oxygen atoms in total. The first-order valence-corrected chi connectivity index (χ1v) is 13.5. The van der Waals surface area contributed by atoms with E-state index in [-0.39, 0.29) is 47.1 Å². The van der Waals surface area contributed by atoms with Crippen LogP contribution in [0.25, 0.3) is 0 Å². The van der Waals surface area contributed by atoms with E-state index >= 15 is 4.39 Å². The maximum atomic E-state index is 15.5. The lowest BCUT2D eigenvalue weighted by Gasteiger charge is -2.25. The van der Waals surface area contributed by atoms with Gasteiger partial charge in [0.25, 0.3) is 5.91 Å². The second kappa shape index (κ2) is 12.6. The molecular formula is C30H30F5N5O4. The highest BCUT2D eigenvalue weighted by Gasteiger charge is 2.40. The molecule has 2 atom stereocenters. The molecule has 3 aromatic rings. The Morgan fingerprint density at radius 1 is 1.11 bits per heavy atom. The summed E-state index contributed by atoms with van der Waals surface area (Å²) in [6, 6.07) is 3.09. The number of halogens is 5. The predicted octanol–water partition coefficient (Wildman–Crippen LogP) is 4.55. The number of carbonyl (C=O) groups is 2. The van der Waals surface area contributed by atoms with E-state index in [4.69, 9.17) is 10.5 Å². The fourth-order valence-corrected chi connectivity index (χ4v) is 4.99. The van der Waals surface area contributed by atoms with Crippen LogP contribution in [0.5, 0.6) is 11.5 Å². The Morgan fingerprint density at radius 3 is 2.36 bits per heavy atom. The van der Waals surface area contributed by atoms with Gasteiger partial charge < -0.3 is 20.5 Å². The summed E-state index contributed by atoms with van der Waals surface area (Å²) >= 11 is 0. The summed E-state index contributed by atoms with van der Waals surface area (Å²) in [6.45, 7) is 4.86. The highest BCUT2D eigenvalue weighted by Crippen LogP contribution is 2.36. The zero-order chi connectivity index (χ0) is 32.5. The van der Waals surface area contributed by atoms with Crippen molar-refractivity contribution in [2.45, 2.75) is 33.1 Å². The van der Waals surface area contributed by atoms with Crippen molar-refractivity contribution in [1.82, 2.24) is 14.9 Å². The van der Waals surface area contributed by atoms with Crippen molar-refractivity contribution in [1.29, 1.82) is 0 Å². The molecular weight excluding hydrogens is 589 g/mol. The molecule has 1 amide bonds. The number of hydrogen-bond donors (Lipinski definition) is 2. The standard InChI is InChI=1S/C30H30F5N5O4/c1-14(15-7-8-40(11-15)29(43)27(42)30(2,3)12-41)24-21(28(36)39-13-38-24)25(37-4)17-6-5-16(9-18(17)31)44-26-22(34)19(32)10-20(33)23(26)35/h5-6,9-10,13-15,41H,7-8,11-12H2,1-4H3,(H2,36,38,39)/b37-25-. The minimum Gasteiger partial charge on any atom is -0.451 e. The van der Waals surface area contributed by atoms with Crippen molar-refractivity contribution in [3.63, 3.8) is 0 Å². The molecule has 44 heavy (non-hydrogen) atoms. The molecule has 0 spiro atoms. The van der Waals surface area contributed by atoms with Gasteiger partial charge in [-0.1, -0.05) is 20.8 Å². The van der Waals surface area contributed by atoms with Crippen molar-refractivity contribution >= 4 is 23.2 Å². The molecule has 2 heterocycles. The summed E-state index contributed by atoms with van der Waals surface area (Å²) in [7, 11) is 1.38. The summed E-state index contributed by atoms with van der Waals surface area (Å²) in [5.74, 6) is -11.7. The van der Waals surface area contributed by atoms with Crippen LogP contribution in [-0.2, 0) is 9.59 Å². The third kappa shape index (κ3) is 6.11. The van der Waals surface area contributed by atoms with E-state index in [1.165, 1.54) is 38.2 Å². The van der Waals surface area contributed by atoms with Gasteiger partial charge in [-0.25, -0.2) is 23.1 Å². The average Bonchev–Trinajstić information content (AvgIpc) is 3.49. The summed E-state index contributed by atoms with van der Waals surface area (Å²) < 4.78 is 75.8. The topological polar surface area (TPSA) is 131 Å². The molecule has 2 aromatic carbocycles. The molecule has 14 heteroatoms. The van der Waals surface area contributed by atoms with Crippen molar-refractivity contribution in [3.05, 3.63) is 76.5 Å². The Kier molecular flexibility index (Phi) is 9.33. The number of nitrogens with zero attached hydrogens (tertiary/aromatic N) is 4. The normalized spacial score (nSPS) is 16.3. The van der Waals surface area contributed by atoms with Gasteiger partial charge in [-0.2, -0.15) is 8.78 Å². The molecule has 0 aliphatic carbocycles. The van der Waals surface area contributed by atoms with Gasteiger partial charge in [0, 0.05) is 43.8 Å². The van der Waals surface area contributed by atoms with Crippen LogP contribution in [0.4, 0.5) is 27.8 Å². The largest absolute Gasteiger partial charge is 0.451 e. The predicted molar refractivity (Wildman–Crippen MR) is 150 cm³/mol. The van der Waals surface area contributed by atoms with Gasteiger partial charge in [0.05, 0.1) is 29.0 Å². The molecule has 1 aliphatic rings. The number of Topliss-reactive ketones (excluding diaryl/α,β-unsaturated/α-hetero) is 1. The van der Waals surface area contributed by atoms with Crippen molar-refractivity contribution in [2.24, 2.45) is 16.3 Å². The lowest BCUT2D eigenvalue weighted by atomic mass is 9.85. The third-order valence-electron chi connectivity index (χ3n) is 7.71. The molecule has 1 aromatic heterocycles. The molecule has 3 N–H and O–H groups in total. The maximum absolute atomic E-state index is 15.5. The molecule has 1 aliphatic heterocycles. The number of anilines is 1. The number of aromatic nitrogens is 2.